The molecular formula is C17H33NOS. The Labute approximate surface area is 129 Å². The average molecular weight is 300 g/mol. The highest BCUT2D eigenvalue weighted by Gasteiger charge is 2.41. The molecule has 1 N–H and O–H groups in total. The molecule has 1 saturated heterocycles. The molecule has 1 aliphatic heterocycles. The van der Waals surface area contributed by atoms with Gasteiger partial charge in [0.15, 0.2) is 0 Å². The molecule has 3 heteroatoms. The van der Waals surface area contributed by atoms with Gasteiger partial charge in [-0.05, 0) is 38.1 Å². The van der Waals surface area contributed by atoms with Crippen molar-refractivity contribution >= 4 is 11.8 Å². The number of nitrogens with one attached hydrogen (secondary N) is 1. The van der Waals surface area contributed by atoms with Crippen molar-refractivity contribution in [3.8, 4) is 0 Å². The van der Waals surface area contributed by atoms with Crippen LogP contribution in [0.1, 0.15) is 66.2 Å². The zero-order valence-corrected chi connectivity index (χ0v) is 14.7. The fourth-order valence-corrected chi connectivity index (χ4v) is 4.81. The van der Waals surface area contributed by atoms with Gasteiger partial charge >= 0.3 is 0 Å². The summed E-state index contributed by atoms with van der Waals surface area (Å²) >= 11 is 2.10. The molecule has 0 bridgehead atoms. The van der Waals surface area contributed by atoms with E-state index in [4.69, 9.17) is 4.74 Å². The lowest BCUT2D eigenvalue weighted by Crippen LogP contribution is -2.47. The van der Waals surface area contributed by atoms with Gasteiger partial charge in [-0.1, -0.05) is 40.5 Å². The molecule has 0 amide bonds. The van der Waals surface area contributed by atoms with Crippen LogP contribution in [0.25, 0.3) is 0 Å². The van der Waals surface area contributed by atoms with Crippen LogP contribution < -0.4 is 5.32 Å². The monoisotopic (exact) mass is 299 g/mol. The zero-order chi connectivity index (χ0) is 14.6. The van der Waals surface area contributed by atoms with E-state index in [-0.39, 0.29) is 5.60 Å². The second kappa shape index (κ2) is 7.02. The van der Waals surface area contributed by atoms with Crippen molar-refractivity contribution in [3.05, 3.63) is 0 Å². The predicted molar refractivity (Wildman–Crippen MR) is 89.6 cm³/mol. The van der Waals surface area contributed by atoms with Gasteiger partial charge < -0.3 is 10.1 Å². The molecule has 118 valence electrons. The quantitative estimate of drug-likeness (QED) is 0.820. The number of hydrogen-bond donors (Lipinski definition) is 1. The maximum Gasteiger partial charge on any atom is 0.0685 e. The lowest BCUT2D eigenvalue weighted by Gasteiger charge is -2.42. The molecule has 2 aliphatic rings. The van der Waals surface area contributed by atoms with Crippen molar-refractivity contribution in [1.82, 2.24) is 5.32 Å². The van der Waals surface area contributed by atoms with E-state index in [2.05, 4.69) is 44.8 Å². The van der Waals surface area contributed by atoms with E-state index in [1.807, 2.05) is 0 Å². The van der Waals surface area contributed by atoms with Gasteiger partial charge in [0.1, 0.15) is 0 Å². The SMILES string of the molecule is CCNC(CSC(C)(C)C)C1CCOC2(CCCC2)C1. The second-order valence-corrected chi connectivity index (χ2v) is 9.43. The van der Waals surface area contributed by atoms with Gasteiger partial charge in [0.2, 0.25) is 0 Å². The lowest BCUT2D eigenvalue weighted by atomic mass is 9.81. The smallest absolute Gasteiger partial charge is 0.0685 e. The molecule has 2 rings (SSSR count). The molecule has 2 nitrogen and oxygen atoms in total. The van der Waals surface area contributed by atoms with Gasteiger partial charge in [0.25, 0.3) is 0 Å². The standard InChI is InChI=1S/C17H33NOS/c1-5-18-15(13-20-16(2,3)4)14-8-11-19-17(12-14)9-6-7-10-17/h14-15,18H,5-13H2,1-4H3. The van der Waals surface area contributed by atoms with Gasteiger partial charge in [-0.25, -0.2) is 0 Å². The van der Waals surface area contributed by atoms with Crippen LogP contribution in [0.2, 0.25) is 0 Å². The van der Waals surface area contributed by atoms with E-state index in [1.54, 1.807) is 0 Å². The zero-order valence-electron chi connectivity index (χ0n) is 13.8. The molecule has 0 aromatic heterocycles. The van der Waals surface area contributed by atoms with E-state index in [0.29, 0.717) is 10.8 Å². The summed E-state index contributed by atoms with van der Waals surface area (Å²) < 4.78 is 6.56. The molecule has 0 radical (unpaired) electrons. The lowest BCUT2D eigenvalue weighted by molar-refractivity contribution is -0.0966. The third-order valence-electron chi connectivity index (χ3n) is 4.78. The third-order valence-corrected chi connectivity index (χ3v) is 6.17. The molecule has 1 spiro atoms. The van der Waals surface area contributed by atoms with Gasteiger partial charge in [0, 0.05) is 23.1 Å². The van der Waals surface area contributed by atoms with Gasteiger partial charge in [-0.3, -0.25) is 0 Å². The van der Waals surface area contributed by atoms with E-state index >= 15 is 0 Å². The molecule has 1 aliphatic carbocycles. The van der Waals surface area contributed by atoms with Crippen molar-refractivity contribution in [2.45, 2.75) is 82.6 Å². The number of hydrogen-bond acceptors (Lipinski definition) is 3. The first-order valence-corrected chi connectivity index (χ1v) is 9.44. The van der Waals surface area contributed by atoms with Crippen molar-refractivity contribution in [2.24, 2.45) is 5.92 Å². The Morgan fingerprint density at radius 3 is 2.60 bits per heavy atom. The fraction of sp³-hybridized carbons (Fsp3) is 1.00. The molecule has 2 atom stereocenters. The van der Waals surface area contributed by atoms with Gasteiger partial charge in [-0.15, -0.1) is 0 Å². The minimum absolute atomic E-state index is 0.253. The molecule has 2 unspecified atom stereocenters. The van der Waals surface area contributed by atoms with Crippen LogP contribution in [0.4, 0.5) is 0 Å². The largest absolute Gasteiger partial charge is 0.375 e. The molecule has 0 aromatic rings. The van der Waals surface area contributed by atoms with Crippen molar-refractivity contribution in [1.29, 1.82) is 0 Å². The van der Waals surface area contributed by atoms with Crippen LogP contribution in [0.15, 0.2) is 0 Å². The maximum atomic E-state index is 6.20. The molecular weight excluding hydrogens is 266 g/mol. The van der Waals surface area contributed by atoms with Crippen LogP contribution in [-0.2, 0) is 4.74 Å². The summed E-state index contributed by atoms with van der Waals surface area (Å²) in [5.41, 5.74) is 0.253. The molecule has 1 heterocycles. The van der Waals surface area contributed by atoms with Crippen LogP contribution in [0, 0.1) is 5.92 Å². The summed E-state index contributed by atoms with van der Waals surface area (Å²) in [6.45, 7) is 11.3. The molecule has 1 saturated carbocycles. The molecule has 2 fully saturated rings. The van der Waals surface area contributed by atoms with Crippen molar-refractivity contribution in [2.75, 3.05) is 18.9 Å². The Morgan fingerprint density at radius 1 is 1.30 bits per heavy atom. The summed E-state index contributed by atoms with van der Waals surface area (Å²) in [4.78, 5) is 0. The van der Waals surface area contributed by atoms with Crippen LogP contribution in [-0.4, -0.2) is 35.3 Å². The summed E-state index contributed by atoms with van der Waals surface area (Å²) in [6.07, 6.45) is 7.87. The minimum Gasteiger partial charge on any atom is -0.375 e. The second-order valence-electron chi connectivity index (χ2n) is 7.58. The summed E-state index contributed by atoms with van der Waals surface area (Å²) in [7, 11) is 0. The van der Waals surface area contributed by atoms with Crippen molar-refractivity contribution in [3.63, 3.8) is 0 Å². The molecule has 0 aromatic carbocycles. The normalized spacial score (nSPS) is 27.9. The number of ether oxygens (including phenoxy) is 1. The van der Waals surface area contributed by atoms with Crippen LogP contribution in [0.3, 0.4) is 0 Å². The highest BCUT2D eigenvalue weighted by molar-refractivity contribution is 8.00. The first-order valence-electron chi connectivity index (χ1n) is 8.45. The van der Waals surface area contributed by atoms with E-state index in [0.717, 1.165) is 19.1 Å². The predicted octanol–water partition coefficient (Wildman–Crippen LogP) is 4.24. The third kappa shape index (κ3) is 4.64. The number of thioether (sulfide) groups is 1. The Hall–Kier alpha value is 0.270. The summed E-state index contributed by atoms with van der Waals surface area (Å²) in [5.74, 6) is 2.04. The minimum atomic E-state index is 0.253. The highest BCUT2D eigenvalue weighted by atomic mass is 32.2. The highest BCUT2D eigenvalue weighted by Crippen LogP contribution is 2.43. The van der Waals surface area contributed by atoms with Crippen molar-refractivity contribution < 1.29 is 4.74 Å². The van der Waals surface area contributed by atoms with Gasteiger partial charge in [0.05, 0.1) is 5.60 Å². The fourth-order valence-electron chi connectivity index (χ4n) is 3.74. The van der Waals surface area contributed by atoms with Crippen LogP contribution >= 0.6 is 11.8 Å². The Kier molecular flexibility index (Phi) is 5.84. The Bertz CT molecular complexity index is 294. The first-order chi connectivity index (χ1) is 9.44. The topological polar surface area (TPSA) is 21.3 Å². The van der Waals surface area contributed by atoms with E-state index in [1.165, 1.54) is 44.3 Å². The molecule has 20 heavy (non-hydrogen) atoms. The van der Waals surface area contributed by atoms with E-state index < -0.39 is 0 Å². The summed E-state index contributed by atoms with van der Waals surface area (Å²) in [6, 6.07) is 0.658. The average Bonchev–Trinajstić information content (AvgIpc) is 2.81. The Balaban J connectivity index is 1.93. The Morgan fingerprint density at radius 2 is 2.00 bits per heavy atom. The maximum absolute atomic E-state index is 6.20. The first kappa shape index (κ1) is 16.6. The van der Waals surface area contributed by atoms with Gasteiger partial charge in [-0.2, -0.15) is 11.8 Å². The van der Waals surface area contributed by atoms with Crippen LogP contribution in [0.5, 0.6) is 0 Å². The number of rotatable bonds is 5. The van der Waals surface area contributed by atoms with E-state index in [9.17, 15) is 0 Å². The summed E-state index contributed by atoms with van der Waals surface area (Å²) in [5, 5.41) is 3.75.